The number of rotatable bonds is 7. The van der Waals surface area contributed by atoms with Crippen LogP contribution in [0.2, 0.25) is 0 Å². The minimum Gasteiger partial charge on any atom is -0.480 e. The zero-order valence-corrected chi connectivity index (χ0v) is 22.6. The molecule has 220 valence electrons. The number of carbonyl (C=O) groups is 1. The molecule has 0 fully saturated rings. The summed E-state index contributed by atoms with van der Waals surface area (Å²) in [6, 6.07) is 15.8. The summed E-state index contributed by atoms with van der Waals surface area (Å²) in [5.74, 6) is -1.56. The summed E-state index contributed by atoms with van der Waals surface area (Å²) < 4.78 is 70.5. The molecule has 42 heavy (non-hydrogen) atoms. The Morgan fingerprint density at radius 3 is 2.38 bits per heavy atom. The summed E-state index contributed by atoms with van der Waals surface area (Å²) >= 11 is 0. The minimum absolute atomic E-state index is 0.0669. The number of aliphatic hydroxyl groups excluding tert-OH is 2. The third kappa shape index (κ3) is 5.31. The Morgan fingerprint density at radius 2 is 1.69 bits per heavy atom. The number of aromatic nitrogens is 1. The highest BCUT2D eigenvalue weighted by Crippen LogP contribution is 2.40. The number of halogens is 3. The lowest BCUT2D eigenvalue weighted by Crippen LogP contribution is -2.51. The molecule has 0 saturated carbocycles. The van der Waals surface area contributed by atoms with Crippen LogP contribution in [0.3, 0.4) is 0 Å². The van der Waals surface area contributed by atoms with Crippen LogP contribution in [0.1, 0.15) is 22.7 Å². The number of carboxylic acid groups (broad SMARTS) is 1. The number of carboxylic acids is 1. The number of aliphatic hydroxyl groups is 2. The molecule has 0 spiro atoms. The van der Waals surface area contributed by atoms with Crippen LogP contribution < -0.4 is 5.56 Å². The van der Waals surface area contributed by atoms with Gasteiger partial charge in [-0.25, -0.2) is 13.2 Å². The fourth-order valence-electron chi connectivity index (χ4n) is 5.30. The van der Waals surface area contributed by atoms with E-state index >= 15 is 0 Å². The van der Waals surface area contributed by atoms with E-state index in [1.54, 1.807) is 18.2 Å². The van der Waals surface area contributed by atoms with Gasteiger partial charge in [-0.3, -0.25) is 9.36 Å². The van der Waals surface area contributed by atoms with Crippen LogP contribution >= 0.6 is 0 Å². The van der Waals surface area contributed by atoms with Gasteiger partial charge in [-0.15, -0.1) is 0 Å². The first kappa shape index (κ1) is 29.5. The van der Waals surface area contributed by atoms with E-state index in [-0.39, 0.29) is 23.1 Å². The molecule has 0 bridgehead atoms. The summed E-state index contributed by atoms with van der Waals surface area (Å²) in [5.41, 5.74) is -1.77. The van der Waals surface area contributed by atoms with Crippen molar-refractivity contribution in [1.29, 1.82) is 0 Å². The number of aliphatic carboxylic acids is 1. The predicted molar refractivity (Wildman–Crippen MR) is 146 cm³/mol. The molecule has 1 unspecified atom stereocenters. The van der Waals surface area contributed by atoms with Crippen molar-refractivity contribution in [3.8, 4) is 11.1 Å². The molecule has 0 aliphatic carbocycles. The Morgan fingerprint density at radius 1 is 1.00 bits per heavy atom. The topological polar surface area (TPSA) is 137 Å². The first-order chi connectivity index (χ1) is 19.8. The summed E-state index contributed by atoms with van der Waals surface area (Å²) in [4.78, 5) is 25.8. The predicted octanol–water partition coefficient (Wildman–Crippen LogP) is 3.26. The van der Waals surface area contributed by atoms with Crippen molar-refractivity contribution in [2.75, 3.05) is 19.7 Å². The van der Waals surface area contributed by atoms with Crippen LogP contribution in [0.5, 0.6) is 0 Å². The highest BCUT2D eigenvalue weighted by molar-refractivity contribution is 7.89. The monoisotopic (exact) mass is 602 g/mol. The van der Waals surface area contributed by atoms with Gasteiger partial charge in [-0.05, 0) is 46.0 Å². The summed E-state index contributed by atoms with van der Waals surface area (Å²) in [6.07, 6.45) is -6.43. The lowest BCUT2D eigenvalue weighted by molar-refractivity contribution is -0.142. The van der Waals surface area contributed by atoms with Crippen molar-refractivity contribution < 1.29 is 41.7 Å². The zero-order valence-electron chi connectivity index (χ0n) is 21.8. The molecule has 2 heterocycles. The minimum atomic E-state index is -4.78. The number of β-amino-alcohol motifs (C(OH)–C–C–N with tert-alkyl or cyclic N) is 1. The van der Waals surface area contributed by atoms with Crippen molar-refractivity contribution in [2.24, 2.45) is 0 Å². The number of pyridine rings is 1. The molecule has 13 heteroatoms. The maximum atomic E-state index is 14.0. The van der Waals surface area contributed by atoms with Crippen LogP contribution in [0.4, 0.5) is 13.2 Å². The van der Waals surface area contributed by atoms with Crippen molar-refractivity contribution >= 4 is 26.8 Å². The highest BCUT2D eigenvalue weighted by Gasteiger charge is 2.44. The smallest absolute Gasteiger partial charge is 0.416 e. The molecule has 1 aromatic heterocycles. The molecule has 0 radical (unpaired) electrons. The SMILES string of the molecule is O=C(O)C1CN(C[C@H](O)CO)S(=O)(=O)c2c(-c3cccc(C(F)(F)F)c3)c(Cc3cccc4ccccc34)cc(=O)n21. The Kier molecular flexibility index (Phi) is 7.70. The first-order valence-electron chi connectivity index (χ1n) is 12.8. The van der Waals surface area contributed by atoms with Crippen molar-refractivity contribution in [2.45, 2.75) is 29.8 Å². The summed E-state index contributed by atoms with van der Waals surface area (Å²) in [7, 11) is -4.78. The van der Waals surface area contributed by atoms with Gasteiger partial charge in [0.25, 0.3) is 15.6 Å². The van der Waals surface area contributed by atoms with E-state index in [1.807, 2.05) is 24.3 Å². The van der Waals surface area contributed by atoms with E-state index in [0.717, 1.165) is 35.0 Å². The number of alkyl halides is 3. The van der Waals surface area contributed by atoms with Gasteiger partial charge in [-0.1, -0.05) is 54.6 Å². The second-order valence-corrected chi connectivity index (χ2v) is 11.8. The van der Waals surface area contributed by atoms with E-state index < -0.39 is 70.2 Å². The molecule has 1 aliphatic heterocycles. The van der Waals surface area contributed by atoms with Crippen LogP contribution in [0.25, 0.3) is 21.9 Å². The third-order valence-corrected chi connectivity index (χ3v) is 9.08. The average Bonchev–Trinajstić information content (AvgIpc) is 2.94. The van der Waals surface area contributed by atoms with Gasteiger partial charge in [0.1, 0.15) is 6.04 Å². The molecule has 0 saturated heterocycles. The molecule has 3 aromatic carbocycles. The maximum Gasteiger partial charge on any atom is 0.416 e. The number of benzene rings is 3. The van der Waals surface area contributed by atoms with Gasteiger partial charge in [0.2, 0.25) is 0 Å². The van der Waals surface area contributed by atoms with Crippen LogP contribution in [0.15, 0.2) is 82.6 Å². The highest BCUT2D eigenvalue weighted by atomic mass is 32.2. The summed E-state index contributed by atoms with van der Waals surface area (Å²) in [6.45, 7) is -2.28. The van der Waals surface area contributed by atoms with Gasteiger partial charge in [0.15, 0.2) is 5.03 Å². The van der Waals surface area contributed by atoms with Crippen molar-refractivity contribution in [3.63, 3.8) is 0 Å². The fourth-order valence-corrected chi connectivity index (χ4v) is 7.22. The number of sulfonamides is 1. The second kappa shape index (κ2) is 11.0. The number of hydrogen-bond acceptors (Lipinski definition) is 6. The standard InChI is InChI=1S/C29H25F3N2O7S/c30-29(31,32)21-9-4-8-19(12-21)26-20(11-18-7-3-6-17-5-1-2-10-23(17)18)13-25(37)34-24(28(38)39)15-33(14-22(36)16-35)42(40,41)27(26)34/h1-10,12-13,22,24,35-36H,11,14-16H2,(H,38,39)/t22-,24?/m0/s1. The van der Waals surface area contributed by atoms with Gasteiger partial charge in [0, 0.05) is 24.7 Å². The normalized spacial score (nSPS) is 17.6. The largest absolute Gasteiger partial charge is 0.480 e. The van der Waals surface area contributed by atoms with Crippen LogP contribution in [-0.2, 0) is 27.4 Å². The van der Waals surface area contributed by atoms with Crippen LogP contribution in [0, 0.1) is 0 Å². The Balaban J connectivity index is 1.86. The molecule has 0 amide bonds. The molecule has 4 aromatic rings. The Labute approximate surface area is 237 Å². The maximum absolute atomic E-state index is 14.0. The molecule has 9 nitrogen and oxygen atoms in total. The number of nitrogens with zero attached hydrogens (tertiary/aromatic N) is 2. The van der Waals surface area contributed by atoms with Gasteiger partial charge < -0.3 is 15.3 Å². The quantitative estimate of drug-likeness (QED) is 0.295. The van der Waals surface area contributed by atoms with E-state index in [4.69, 9.17) is 0 Å². The van der Waals surface area contributed by atoms with Crippen molar-refractivity contribution in [3.05, 3.63) is 99.8 Å². The van der Waals surface area contributed by atoms with Crippen molar-refractivity contribution in [1.82, 2.24) is 8.87 Å². The average molecular weight is 603 g/mol. The molecular formula is C29H25F3N2O7S. The van der Waals surface area contributed by atoms with E-state index in [0.29, 0.717) is 14.4 Å². The van der Waals surface area contributed by atoms with Gasteiger partial charge >= 0.3 is 12.1 Å². The molecule has 1 aliphatic rings. The van der Waals surface area contributed by atoms with Gasteiger partial charge in [-0.2, -0.15) is 17.5 Å². The first-order valence-corrected chi connectivity index (χ1v) is 14.2. The van der Waals surface area contributed by atoms with E-state index in [9.17, 15) is 46.5 Å². The number of fused-ring (bicyclic) bond motifs is 2. The molecule has 5 rings (SSSR count). The van der Waals surface area contributed by atoms with Gasteiger partial charge in [0.05, 0.1) is 18.3 Å². The molecule has 2 atom stereocenters. The van der Waals surface area contributed by atoms with E-state index in [1.165, 1.54) is 6.07 Å². The fraction of sp³-hybridized carbons (Fsp3) is 0.241. The Hall–Kier alpha value is -4.04. The third-order valence-electron chi connectivity index (χ3n) is 7.21. The number of hydrogen-bond donors (Lipinski definition) is 3. The molecule has 3 N–H and O–H groups in total. The molecular weight excluding hydrogens is 577 g/mol. The lowest BCUT2D eigenvalue weighted by atomic mass is 9.93. The second-order valence-electron chi connectivity index (χ2n) is 9.96. The lowest BCUT2D eigenvalue weighted by Gasteiger charge is -2.35. The zero-order chi connectivity index (χ0) is 30.4. The summed E-state index contributed by atoms with van der Waals surface area (Å²) in [5, 5.41) is 30.2. The van der Waals surface area contributed by atoms with Crippen LogP contribution in [-0.4, -0.2) is 64.4 Å². The van der Waals surface area contributed by atoms with E-state index in [2.05, 4.69) is 0 Å². The Bertz CT molecular complexity index is 1850.